The highest BCUT2D eigenvalue weighted by Crippen LogP contribution is 2.37. The van der Waals surface area contributed by atoms with Crippen LogP contribution in [-0.4, -0.2) is 14.5 Å². The molecule has 1 aliphatic rings. The maximum Gasteiger partial charge on any atom is 0.242 e. The molecule has 0 bridgehead atoms. The van der Waals surface area contributed by atoms with Crippen LogP contribution in [0.2, 0.25) is 5.02 Å². The molecular formula is C14H20ClFN2O2S. The molecule has 1 fully saturated rings. The minimum atomic E-state index is -3.83. The van der Waals surface area contributed by atoms with Crippen LogP contribution in [0.1, 0.15) is 39.5 Å². The molecule has 1 saturated carbocycles. The molecule has 0 heterocycles. The molecule has 3 N–H and O–H groups in total. The lowest BCUT2D eigenvalue weighted by Gasteiger charge is -2.38. The van der Waals surface area contributed by atoms with Crippen LogP contribution in [0.5, 0.6) is 0 Å². The van der Waals surface area contributed by atoms with Gasteiger partial charge in [-0.05, 0) is 30.4 Å². The first-order valence-electron chi connectivity index (χ1n) is 6.90. The number of rotatable bonds is 3. The van der Waals surface area contributed by atoms with E-state index in [9.17, 15) is 12.8 Å². The van der Waals surface area contributed by atoms with Gasteiger partial charge in [0.2, 0.25) is 10.0 Å². The van der Waals surface area contributed by atoms with Crippen LogP contribution < -0.4 is 10.5 Å². The van der Waals surface area contributed by atoms with Gasteiger partial charge in [0, 0.05) is 6.04 Å². The van der Waals surface area contributed by atoms with Crippen molar-refractivity contribution in [2.75, 3.05) is 5.73 Å². The highest BCUT2D eigenvalue weighted by atomic mass is 35.5. The fourth-order valence-corrected chi connectivity index (χ4v) is 4.71. The van der Waals surface area contributed by atoms with Crippen molar-refractivity contribution in [1.29, 1.82) is 0 Å². The number of benzene rings is 1. The van der Waals surface area contributed by atoms with Crippen molar-refractivity contribution in [1.82, 2.24) is 4.72 Å². The molecule has 1 aromatic rings. The van der Waals surface area contributed by atoms with Crippen molar-refractivity contribution in [3.05, 3.63) is 23.0 Å². The molecule has 0 radical (unpaired) electrons. The van der Waals surface area contributed by atoms with E-state index >= 15 is 0 Å². The van der Waals surface area contributed by atoms with Crippen molar-refractivity contribution < 1.29 is 12.8 Å². The van der Waals surface area contributed by atoms with Crippen LogP contribution in [0.3, 0.4) is 0 Å². The molecule has 4 nitrogen and oxygen atoms in total. The second-order valence-electron chi connectivity index (χ2n) is 6.21. The number of anilines is 1. The van der Waals surface area contributed by atoms with Gasteiger partial charge >= 0.3 is 0 Å². The van der Waals surface area contributed by atoms with Crippen LogP contribution >= 0.6 is 11.6 Å². The number of halogens is 2. The van der Waals surface area contributed by atoms with Gasteiger partial charge in [0.15, 0.2) is 0 Å². The minimum Gasteiger partial charge on any atom is -0.396 e. The second-order valence-corrected chi connectivity index (χ2v) is 8.30. The summed E-state index contributed by atoms with van der Waals surface area (Å²) >= 11 is 5.86. The predicted molar refractivity (Wildman–Crippen MR) is 82.2 cm³/mol. The summed E-state index contributed by atoms with van der Waals surface area (Å²) in [6, 6.07) is 1.83. The largest absolute Gasteiger partial charge is 0.396 e. The second kappa shape index (κ2) is 5.74. The first-order valence-corrected chi connectivity index (χ1v) is 8.76. The minimum absolute atomic E-state index is 0.122. The third-order valence-electron chi connectivity index (χ3n) is 4.15. The first kappa shape index (κ1) is 16.5. The lowest BCUT2D eigenvalue weighted by Crippen LogP contribution is -2.46. The summed E-state index contributed by atoms with van der Waals surface area (Å²) in [6.45, 7) is 4.08. The quantitative estimate of drug-likeness (QED) is 0.833. The summed E-state index contributed by atoms with van der Waals surface area (Å²) in [7, 11) is -3.83. The number of nitrogens with one attached hydrogen (secondary N) is 1. The van der Waals surface area contributed by atoms with E-state index < -0.39 is 15.8 Å². The van der Waals surface area contributed by atoms with Gasteiger partial charge in [0.25, 0.3) is 0 Å². The Morgan fingerprint density at radius 3 is 2.67 bits per heavy atom. The van der Waals surface area contributed by atoms with Crippen LogP contribution in [0.15, 0.2) is 17.0 Å². The summed E-state index contributed by atoms with van der Waals surface area (Å²) in [5.74, 6) is -0.725. The van der Waals surface area contributed by atoms with Crippen LogP contribution in [-0.2, 0) is 10.0 Å². The molecule has 118 valence electrons. The number of hydrogen-bond acceptors (Lipinski definition) is 3. The van der Waals surface area contributed by atoms with Crippen molar-refractivity contribution in [2.24, 2.45) is 5.41 Å². The Morgan fingerprint density at radius 1 is 1.38 bits per heavy atom. The zero-order chi connectivity index (χ0) is 15.8. The molecule has 0 aromatic heterocycles. The monoisotopic (exact) mass is 334 g/mol. The van der Waals surface area contributed by atoms with E-state index in [0.717, 1.165) is 37.8 Å². The number of hydrogen-bond donors (Lipinski definition) is 2. The lowest BCUT2D eigenvalue weighted by molar-refractivity contribution is 0.188. The van der Waals surface area contributed by atoms with Gasteiger partial charge in [-0.2, -0.15) is 0 Å². The Hall–Kier alpha value is -0.850. The van der Waals surface area contributed by atoms with Gasteiger partial charge in [-0.25, -0.2) is 17.5 Å². The summed E-state index contributed by atoms with van der Waals surface area (Å²) in [5, 5.41) is -0.164. The number of nitrogens with two attached hydrogens (primary N) is 1. The van der Waals surface area contributed by atoms with E-state index in [2.05, 4.69) is 4.72 Å². The van der Waals surface area contributed by atoms with E-state index in [1.807, 2.05) is 13.8 Å². The van der Waals surface area contributed by atoms with Gasteiger partial charge in [0.05, 0.1) is 10.7 Å². The molecule has 0 spiro atoms. The van der Waals surface area contributed by atoms with Crippen molar-refractivity contribution in [3.8, 4) is 0 Å². The third-order valence-corrected chi connectivity index (χ3v) is 6.08. The number of nitrogen functional groups attached to an aromatic ring is 1. The van der Waals surface area contributed by atoms with Crippen molar-refractivity contribution in [2.45, 2.75) is 50.5 Å². The highest BCUT2D eigenvalue weighted by molar-refractivity contribution is 7.89. The van der Waals surface area contributed by atoms with Crippen LogP contribution in [0, 0.1) is 11.2 Å². The van der Waals surface area contributed by atoms with Gasteiger partial charge < -0.3 is 5.73 Å². The van der Waals surface area contributed by atoms with E-state index in [1.54, 1.807) is 0 Å². The van der Waals surface area contributed by atoms with E-state index in [4.69, 9.17) is 17.3 Å². The highest BCUT2D eigenvalue weighted by Gasteiger charge is 2.35. The predicted octanol–water partition coefficient (Wildman–Crippen LogP) is 3.31. The average Bonchev–Trinajstić information content (AvgIpc) is 2.36. The molecule has 0 aliphatic heterocycles. The molecular weight excluding hydrogens is 315 g/mol. The molecule has 7 heteroatoms. The zero-order valence-electron chi connectivity index (χ0n) is 12.1. The van der Waals surface area contributed by atoms with Gasteiger partial charge in [-0.15, -0.1) is 0 Å². The number of sulfonamides is 1. The Balaban J connectivity index is 2.32. The summed E-state index contributed by atoms with van der Waals surface area (Å²) < 4.78 is 41.0. The average molecular weight is 335 g/mol. The SMILES string of the molecule is CC1(C)CCCCC1NS(=O)(=O)c1cc(N)c(F)cc1Cl. The fourth-order valence-electron chi connectivity index (χ4n) is 2.71. The Morgan fingerprint density at radius 2 is 2.05 bits per heavy atom. The maximum atomic E-state index is 13.3. The van der Waals surface area contributed by atoms with Crippen LogP contribution in [0.25, 0.3) is 0 Å². The molecule has 2 rings (SSSR count). The van der Waals surface area contributed by atoms with Crippen LogP contribution in [0.4, 0.5) is 10.1 Å². The van der Waals surface area contributed by atoms with Gasteiger partial charge in [-0.1, -0.05) is 38.3 Å². The fraction of sp³-hybridized carbons (Fsp3) is 0.571. The standard InChI is InChI=1S/C14H20ClFN2O2S/c1-14(2)6-4-3-5-13(14)18-21(19,20)12-8-11(17)10(16)7-9(12)15/h7-8,13,18H,3-6,17H2,1-2H3. The lowest BCUT2D eigenvalue weighted by atomic mass is 9.74. The molecule has 1 atom stereocenters. The summed E-state index contributed by atoms with van der Waals surface area (Å²) in [5.41, 5.74) is 5.09. The Labute approximate surface area is 129 Å². The zero-order valence-corrected chi connectivity index (χ0v) is 13.7. The maximum absolute atomic E-state index is 13.3. The molecule has 1 aliphatic carbocycles. The van der Waals surface area contributed by atoms with E-state index in [0.29, 0.717) is 0 Å². The molecule has 1 aromatic carbocycles. The summed E-state index contributed by atoms with van der Waals surface area (Å²) in [4.78, 5) is -0.176. The molecule has 0 amide bonds. The molecule has 0 saturated heterocycles. The first-order chi connectivity index (χ1) is 9.63. The Kier molecular flexibility index (Phi) is 4.52. The summed E-state index contributed by atoms with van der Waals surface area (Å²) in [6.07, 6.45) is 3.81. The van der Waals surface area contributed by atoms with Gasteiger partial charge in [-0.3, -0.25) is 0 Å². The van der Waals surface area contributed by atoms with Crippen molar-refractivity contribution in [3.63, 3.8) is 0 Å². The third kappa shape index (κ3) is 3.49. The van der Waals surface area contributed by atoms with Gasteiger partial charge in [0.1, 0.15) is 10.7 Å². The van der Waals surface area contributed by atoms with Crippen molar-refractivity contribution >= 4 is 27.3 Å². The molecule has 21 heavy (non-hydrogen) atoms. The smallest absolute Gasteiger partial charge is 0.242 e. The Bertz CT molecular complexity index is 647. The van der Waals surface area contributed by atoms with E-state index in [-0.39, 0.29) is 27.1 Å². The van der Waals surface area contributed by atoms with E-state index in [1.165, 1.54) is 0 Å². The normalized spacial score (nSPS) is 22.2. The molecule has 1 unspecified atom stereocenters. The topological polar surface area (TPSA) is 72.2 Å².